The number of benzene rings is 2. The van der Waals surface area contributed by atoms with Crippen molar-refractivity contribution in [3.63, 3.8) is 0 Å². The molecule has 1 aromatic heterocycles. The largest absolute Gasteiger partial charge is 0.397 e. The Labute approximate surface area is 279 Å². The molecule has 6 N–H and O–H groups in total. The van der Waals surface area contributed by atoms with Crippen LogP contribution in [-0.4, -0.2) is 90.7 Å². The number of rotatable bonds is 15. The third kappa shape index (κ3) is 10.2. The van der Waals surface area contributed by atoms with Crippen molar-refractivity contribution in [2.75, 3.05) is 36.1 Å². The second-order valence-electron chi connectivity index (χ2n) is 9.49. The maximum Gasteiger partial charge on any atom is 0.397 e. The van der Waals surface area contributed by atoms with Crippen LogP contribution in [0.25, 0.3) is 10.8 Å². The molecular formula is C23H24N6O15S5. The molecule has 0 unspecified atom stereocenters. The van der Waals surface area contributed by atoms with E-state index in [1.165, 1.54) is 6.92 Å². The van der Waals surface area contributed by atoms with Gasteiger partial charge in [0.1, 0.15) is 27.4 Å². The zero-order chi connectivity index (χ0) is 37.2. The van der Waals surface area contributed by atoms with Gasteiger partial charge in [-0.05, 0) is 31.2 Å². The van der Waals surface area contributed by atoms with E-state index in [9.17, 15) is 61.0 Å². The van der Waals surface area contributed by atoms with Crippen LogP contribution in [0.2, 0.25) is 0 Å². The summed E-state index contributed by atoms with van der Waals surface area (Å²) < 4.78 is 160. The zero-order valence-electron chi connectivity index (χ0n) is 24.5. The first-order valence-electron chi connectivity index (χ1n) is 12.7. The van der Waals surface area contributed by atoms with Gasteiger partial charge in [-0.25, -0.2) is 17.6 Å². The first-order chi connectivity index (χ1) is 22.4. The van der Waals surface area contributed by atoms with Crippen molar-refractivity contribution in [1.82, 2.24) is 4.98 Å². The van der Waals surface area contributed by atoms with E-state index in [-0.39, 0.29) is 41.5 Å². The number of hydrogen-bond acceptors (Lipinski definition) is 17. The number of fused-ring (bicyclic) bond motifs is 1. The van der Waals surface area contributed by atoms with Gasteiger partial charge in [-0.2, -0.15) is 44.0 Å². The van der Waals surface area contributed by atoms with Crippen molar-refractivity contribution in [2.24, 2.45) is 10.2 Å². The molecule has 0 bridgehead atoms. The Balaban J connectivity index is 2.28. The average molecular weight is 785 g/mol. The van der Waals surface area contributed by atoms with Crippen molar-refractivity contribution in [1.29, 1.82) is 5.26 Å². The first kappa shape index (κ1) is 39.3. The lowest BCUT2D eigenvalue weighted by atomic mass is 10.1. The molecule has 0 spiro atoms. The first-order valence-corrected chi connectivity index (χ1v) is 20.1. The van der Waals surface area contributed by atoms with E-state index in [0.29, 0.717) is 23.6 Å². The second-order valence-corrected chi connectivity index (χ2v) is 16.9. The Morgan fingerprint density at radius 3 is 1.94 bits per heavy atom. The number of nitrogens with zero attached hydrogens (tertiary/aromatic N) is 4. The molecule has 3 rings (SSSR count). The number of aromatic nitrogens is 1. The molecular weight excluding hydrogens is 761 g/mol. The van der Waals surface area contributed by atoms with Crippen LogP contribution < -0.4 is 10.6 Å². The summed E-state index contributed by atoms with van der Waals surface area (Å²) in [5, 5.41) is 22.1. The van der Waals surface area contributed by atoms with Crippen molar-refractivity contribution in [2.45, 2.75) is 21.6 Å². The molecule has 0 aliphatic heterocycles. The summed E-state index contributed by atoms with van der Waals surface area (Å²) in [5.41, 5.74) is -1.01. The fourth-order valence-electron chi connectivity index (χ4n) is 4.01. The van der Waals surface area contributed by atoms with Crippen molar-refractivity contribution < 1.29 is 64.5 Å². The minimum Gasteiger partial charge on any atom is -0.367 e. The highest BCUT2D eigenvalue weighted by molar-refractivity contribution is 7.94. The maximum atomic E-state index is 12.3. The highest BCUT2D eigenvalue weighted by Gasteiger charge is 2.26. The molecule has 49 heavy (non-hydrogen) atoms. The number of azo groups is 1. The van der Waals surface area contributed by atoms with Crippen LogP contribution in [0.4, 0.5) is 23.0 Å². The standard InChI is InChI=1S/C23H24N6O15S5/c1-3-45(30,31)7-5-26-23-21(13(2)18(12-24)22(27-23)25-4-6-44-49(41,42)43)29-28-14-8-16-17(19(9-14)47(35,36)37)10-15(46(32,33)34)11-20(16)48(38,39)40/h3,8-11H,1,4-7H2,2H3,(H2,25,26,27)(H,32,33,34)(H,35,36,37)(H,38,39,40)(H,41,42,43)/b29-28+. The van der Waals surface area contributed by atoms with Crippen LogP contribution >= 0.6 is 0 Å². The molecule has 0 saturated heterocycles. The van der Waals surface area contributed by atoms with Crippen LogP contribution in [0.5, 0.6) is 0 Å². The number of pyridine rings is 1. The van der Waals surface area contributed by atoms with Gasteiger partial charge in [0.25, 0.3) is 30.4 Å². The van der Waals surface area contributed by atoms with Gasteiger partial charge in [-0.15, -0.1) is 5.11 Å². The van der Waals surface area contributed by atoms with Gasteiger partial charge in [0, 0.05) is 34.8 Å². The van der Waals surface area contributed by atoms with E-state index in [2.05, 4.69) is 36.6 Å². The Morgan fingerprint density at radius 2 is 1.41 bits per heavy atom. The molecule has 0 aliphatic rings. The summed E-state index contributed by atoms with van der Waals surface area (Å²) in [6, 6.07) is 4.12. The monoisotopic (exact) mass is 784 g/mol. The minimum absolute atomic E-state index is 0.000683. The highest BCUT2D eigenvalue weighted by atomic mass is 32.3. The van der Waals surface area contributed by atoms with E-state index in [1.54, 1.807) is 0 Å². The molecule has 2 aromatic carbocycles. The SMILES string of the molecule is C=CS(=O)(=O)CCNc1nc(NCCOS(=O)(=O)O)c(C#N)c(C)c1/N=N/c1cc(S(=O)(=O)O)c2cc(S(=O)(=O)O)cc(S(=O)(=O)O)c2c1. The molecule has 0 radical (unpaired) electrons. The predicted octanol–water partition coefficient (Wildman–Crippen LogP) is 1.77. The normalized spacial score (nSPS) is 13.0. The smallest absolute Gasteiger partial charge is 0.367 e. The van der Waals surface area contributed by atoms with Gasteiger partial charge in [0.05, 0.1) is 28.5 Å². The number of nitriles is 1. The third-order valence-corrected chi connectivity index (χ3v) is 10.5. The fourth-order valence-corrected chi connectivity index (χ4v) is 6.91. The molecule has 0 amide bonds. The topological polar surface area (TPSA) is 346 Å². The molecule has 3 aromatic rings. The molecule has 266 valence electrons. The molecule has 0 aliphatic carbocycles. The van der Waals surface area contributed by atoms with Gasteiger partial charge >= 0.3 is 10.4 Å². The van der Waals surface area contributed by atoms with Crippen molar-refractivity contribution >= 4 is 84.4 Å². The van der Waals surface area contributed by atoms with E-state index in [4.69, 9.17) is 4.55 Å². The van der Waals surface area contributed by atoms with Gasteiger partial charge in [-0.3, -0.25) is 18.2 Å². The van der Waals surface area contributed by atoms with Gasteiger partial charge in [-0.1, -0.05) is 6.58 Å². The van der Waals surface area contributed by atoms with Crippen LogP contribution in [-0.2, 0) is 54.8 Å². The molecule has 0 fully saturated rings. The molecule has 0 atom stereocenters. The predicted molar refractivity (Wildman–Crippen MR) is 170 cm³/mol. The number of hydrogen-bond donors (Lipinski definition) is 6. The van der Waals surface area contributed by atoms with Gasteiger partial charge < -0.3 is 10.6 Å². The minimum atomic E-state index is -5.33. The van der Waals surface area contributed by atoms with E-state index in [0.717, 1.165) is 6.07 Å². The van der Waals surface area contributed by atoms with Gasteiger partial charge in [0.2, 0.25) is 0 Å². The Hall–Kier alpha value is -4.17. The maximum absolute atomic E-state index is 12.3. The third-order valence-electron chi connectivity index (χ3n) is 6.16. The average Bonchev–Trinajstić information content (AvgIpc) is 2.96. The van der Waals surface area contributed by atoms with Crippen LogP contribution in [0, 0.1) is 18.3 Å². The molecule has 0 saturated carbocycles. The summed E-state index contributed by atoms with van der Waals surface area (Å²) >= 11 is 0. The van der Waals surface area contributed by atoms with Gasteiger partial charge in [0.15, 0.2) is 15.7 Å². The van der Waals surface area contributed by atoms with Crippen LogP contribution in [0.3, 0.4) is 0 Å². The lowest BCUT2D eigenvalue weighted by Gasteiger charge is -2.15. The summed E-state index contributed by atoms with van der Waals surface area (Å²) in [6.07, 6.45) is 0. The quantitative estimate of drug-likeness (QED) is 0.0726. The summed E-state index contributed by atoms with van der Waals surface area (Å²) in [6.45, 7) is 3.27. The van der Waals surface area contributed by atoms with Crippen LogP contribution in [0.1, 0.15) is 11.1 Å². The molecule has 21 nitrogen and oxygen atoms in total. The number of nitrogens with one attached hydrogen (secondary N) is 2. The highest BCUT2D eigenvalue weighted by Crippen LogP contribution is 2.38. The van der Waals surface area contributed by atoms with Crippen LogP contribution in [0.15, 0.2) is 61.2 Å². The fraction of sp³-hybridized carbons (Fsp3) is 0.217. The zero-order valence-corrected chi connectivity index (χ0v) is 28.6. The van der Waals surface area contributed by atoms with Crippen molar-refractivity contribution in [3.8, 4) is 6.07 Å². The Bertz CT molecular complexity index is 2480. The number of sulfone groups is 1. The Kier molecular flexibility index (Phi) is 11.5. The molecule has 1 heterocycles. The summed E-state index contributed by atoms with van der Waals surface area (Å²) in [4.78, 5) is 0.690. The lowest BCUT2D eigenvalue weighted by Crippen LogP contribution is -2.17. The van der Waals surface area contributed by atoms with Crippen molar-refractivity contribution in [3.05, 3.63) is 47.4 Å². The summed E-state index contributed by atoms with van der Waals surface area (Å²) in [7, 11) is -24.3. The van der Waals surface area contributed by atoms with E-state index in [1.807, 2.05) is 6.07 Å². The summed E-state index contributed by atoms with van der Waals surface area (Å²) in [5.74, 6) is -0.950. The lowest BCUT2D eigenvalue weighted by molar-refractivity contribution is 0.278. The Morgan fingerprint density at radius 1 is 0.837 bits per heavy atom. The van der Waals surface area contributed by atoms with E-state index < -0.39 is 94.1 Å². The second kappa shape index (κ2) is 14.4. The van der Waals surface area contributed by atoms with E-state index >= 15 is 0 Å². The number of anilines is 2. The molecule has 26 heteroatoms.